The molecule has 7 nitrogen and oxygen atoms in total. The Labute approximate surface area is 238 Å². The fourth-order valence-corrected chi connectivity index (χ4v) is 5.76. The van der Waals surface area contributed by atoms with Crippen LogP contribution >= 0.6 is 0 Å². The second-order valence-corrected chi connectivity index (χ2v) is 11.8. The SMILES string of the molecule is C=Cc1ccccc1C1CCC(OC[C@H]2[C@@H](NC(=O)OC(C)(C)C)CCCN2C(=O)OCc2ccccc2)CC1. The zero-order chi connectivity index (χ0) is 28.5. The Morgan fingerprint density at radius 2 is 1.70 bits per heavy atom. The van der Waals surface area contributed by atoms with Crippen LogP contribution in [0.5, 0.6) is 0 Å². The molecule has 1 aliphatic carbocycles. The molecule has 2 aliphatic rings. The van der Waals surface area contributed by atoms with Crippen LogP contribution in [0.4, 0.5) is 9.59 Å². The molecule has 216 valence electrons. The number of likely N-dealkylation sites (tertiary alicyclic amines) is 1. The molecule has 0 bridgehead atoms. The first kappa shape index (κ1) is 29.7. The lowest BCUT2D eigenvalue weighted by atomic mass is 9.81. The molecule has 0 spiro atoms. The van der Waals surface area contributed by atoms with Gasteiger partial charge in [0, 0.05) is 6.54 Å². The molecule has 2 fully saturated rings. The van der Waals surface area contributed by atoms with Crippen molar-refractivity contribution in [2.24, 2.45) is 0 Å². The van der Waals surface area contributed by atoms with Crippen LogP contribution in [0.3, 0.4) is 0 Å². The molecule has 0 unspecified atom stereocenters. The van der Waals surface area contributed by atoms with Crippen LogP contribution in [0, 0.1) is 0 Å². The number of nitrogens with zero attached hydrogens (tertiary/aromatic N) is 1. The van der Waals surface area contributed by atoms with Gasteiger partial charge in [0.05, 0.1) is 24.8 Å². The lowest BCUT2D eigenvalue weighted by Crippen LogP contribution is -2.59. The number of nitrogens with one attached hydrogen (secondary N) is 1. The average Bonchev–Trinajstić information content (AvgIpc) is 2.95. The number of benzene rings is 2. The summed E-state index contributed by atoms with van der Waals surface area (Å²) in [5.74, 6) is 0.495. The molecule has 2 atom stereocenters. The summed E-state index contributed by atoms with van der Waals surface area (Å²) < 4.78 is 17.7. The van der Waals surface area contributed by atoms with E-state index in [2.05, 4.69) is 36.2 Å². The summed E-state index contributed by atoms with van der Waals surface area (Å²) in [4.78, 5) is 27.6. The van der Waals surface area contributed by atoms with E-state index in [1.807, 2.05) is 57.2 Å². The number of carbonyl (C=O) groups is 2. The Morgan fingerprint density at radius 1 is 1.00 bits per heavy atom. The zero-order valence-corrected chi connectivity index (χ0v) is 24.1. The van der Waals surface area contributed by atoms with Crippen molar-refractivity contribution in [3.8, 4) is 0 Å². The minimum absolute atomic E-state index is 0.110. The van der Waals surface area contributed by atoms with Gasteiger partial charge in [-0.1, -0.05) is 67.3 Å². The van der Waals surface area contributed by atoms with Gasteiger partial charge in [-0.05, 0) is 81.9 Å². The Balaban J connectivity index is 1.39. The number of alkyl carbamates (subject to hydrolysis) is 1. The first-order valence-corrected chi connectivity index (χ1v) is 14.5. The highest BCUT2D eigenvalue weighted by Gasteiger charge is 2.38. The molecule has 1 aliphatic heterocycles. The second-order valence-electron chi connectivity index (χ2n) is 11.8. The Kier molecular flexibility index (Phi) is 10.3. The van der Waals surface area contributed by atoms with Crippen molar-refractivity contribution in [2.75, 3.05) is 13.2 Å². The van der Waals surface area contributed by atoms with Crippen molar-refractivity contribution in [1.29, 1.82) is 0 Å². The summed E-state index contributed by atoms with van der Waals surface area (Å²) >= 11 is 0. The van der Waals surface area contributed by atoms with E-state index in [0.717, 1.165) is 44.1 Å². The van der Waals surface area contributed by atoms with Gasteiger partial charge < -0.3 is 24.4 Å². The number of hydrogen-bond donors (Lipinski definition) is 1. The Morgan fingerprint density at radius 3 is 2.40 bits per heavy atom. The summed E-state index contributed by atoms with van der Waals surface area (Å²) in [6.45, 7) is 10.6. The number of rotatable bonds is 8. The van der Waals surface area contributed by atoms with E-state index >= 15 is 0 Å². The minimum atomic E-state index is -0.609. The Bertz CT molecular complexity index is 1120. The van der Waals surface area contributed by atoms with Gasteiger partial charge in [0.15, 0.2) is 0 Å². The summed E-state index contributed by atoms with van der Waals surface area (Å²) in [6.07, 6.45) is 6.65. The average molecular weight is 549 g/mol. The molecule has 1 N–H and O–H groups in total. The molecule has 0 radical (unpaired) electrons. The van der Waals surface area contributed by atoms with E-state index in [1.165, 1.54) is 11.1 Å². The van der Waals surface area contributed by atoms with Gasteiger partial charge in [0.2, 0.25) is 0 Å². The van der Waals surface area contributed by atoms with Gasteiger partial charge in [-0.15, -0.1) is 0 Å². The molecular weight excluding hydrogens is 504 g/mol. The largest absolute Gasteiger partial charge is 0.445 e. The van der Waals surface area contributed by atoms with Crippen LogP contribution in [0.15, 0.2) is 61.2 Å². The predicted octanol–water partition coefficient (Wildman–Crippen LogP) is 7.07. The fourth-order valence-electron chi connectivity index (χ4n) is 5.76. The highest BCUT2D eigenvalue weighted by Crippen LogP contribution is 2.36. The lowest BCUT2D eigenvalue weighted by molar-refractivity contribution is -0.0310. The summed E-state index contributed by atoms with van der Waals surface area (Å²) in [5.41, 5.74) is 2.88. The molecule has 1 saturated heterocycles. The third kappa shape index (κ3) is 8.34. The molecule has 2 amide bonds. The van der Waals surface area contributed by atoms with Gasteiger partial charge in [-0.3, -0.25) is 0 Å². The van der Waals surface area contributed by atoms with E-state index in [9.17, 15) is 9.59 Å². The van der Waals surface area contributed by atoms with Crippen LogP contribution in [-0.4, -0.2) is 54.0 Å². The number of ether oxygens (including phenoxy) is 3. The normalized spacial score (nSPS) is 23.2. The van der Waals surface area contributed by atoms with E-state index in [0.29, 0.717) is 19.1 Å². The highest BCUT2D eigenvalue weighted by atomic mass is 16.6. The molecule has 2 aromatic rings. The predicted molar refractivity (Wildman–Crippen MR) is 157 cm³/mol. The van der Waals surface area contributed by atoms with Gasteiger partial charge in [-0.2, -0.15) is 0 Å². The smallest absolute Gasteiger partial charge is 0.410 e. The quantitative estimate of drug-likeness (QED) is 0.382. The summed E-state index contributed by atoms with van der Waals surface area (Å²) in [6, 6.07) is 17.5. The summed E-state index contributed by atoms with van der Waals surface area (Å²) in [7, 11) is 0. The topological polar surface area (TPSA) is 77.1 Å². The Hall–Kier alpha value is -3.32. The van der Waals surface area contributed by atoms with Crippen molar-refractivity contribution in [3.63, 3.8) is 0 Å². The van der Waals surface area contributed by atoms with Crippen LogP contribution in [0.2, 0.25) is 0 Å². The van der Waals surface area contributed by atoms with Crippen molar-refractivity contribution >= 4 is 18.3 Å². The molecular formula is C33H44N2O5. The summed E-state index contributed by atoms with van der Waals surface area (Å²) in [5, 5.41) is 3.01. The molecule has 0 aromatic heterocycles. The van der Waals surface area contributed by atoms with Gasteiger partial charge in [0.1, 0.15) is 12.2 Å². The van der Waals surface area contributed by atoms with E-state index in [-0.39, 0.29) is 24.8 Å². The minimum Gasteiger partial charge on any atom is -0.445 e. The first-order valence-electron chi connectivity index (χ1n) is 14.5. The number of piperidine rings is 1. The molecule has 1 saturated carbocycles. The third-order valence-electron chi connectivity index (χ3n) is 7.75. The fraction of sp³-hybridized carbons (Fsp3) is 0.515. The van der Waals surface area contributed by atoms with Gasteiger partial charge in [-0.25, -0.2) is 9.59 Å². The maximum absolute atomic E-state index is 13.2. The van der Waals surface area contributed by atoms with Crippen LogP contribution in [0.25, 0.3) is 6.08 Å². The molecule has 7 heteroatoms. The van der Waals surface area contributed by atoms with Crippen molar-refractivity contribution in [1.82, 2.24) is 10.2 Å². The van der Waals surface area contributed by atoms with Gasteiger partial charge in [0.25, 0.3) is 0 Å². The van der Waals surface area contributed by atoms with Crippen LogP contribution in [-0.2, 0) is 20.8 Å². The van der Waals surface area contributed by atoms with E-state index in [4.69, 9.17) is 14.2 Å². The first-order chi connectivity index (χ1) is 19.2. The maximum Gasteiger partial charge on any atom is 0.410 e. The monoisotopic (exact) mass is 548 g/mol. The van der Waals surface area contributed by atoms with Crippen LogP contribution in [0.1, 0.15) is 81.9 Å². The molecule has 4 rings (SSSR count). The van der Waals surface area contributed by atoms with Crippen LogP contribution < -0.4 is 5.32 Å². The number of hydrogen-bond acceptors (Lipinski definition) is 5. The molecule has 40 heavy (non-hydrogen) atoms. The maximum atomic E-state index is 13.2. The van der Waals surface area contributed by atoms with E-state index in [1.54, 1.807) is 4.90 Å². The number of carbonyl (C=O) groups excluding carboxylic acids is 2. The lowest BCUT2D eigenvalue weighted by Gasteiger charge is -2.41. The zero-order valence-electron chi connectivity index (χ0n) is 24.1. The van der Waals surface area contributed by atoms with Crippen molar-refractivity contribution in [2.45, 2.75) is 95.6 Å². The van der Waals surface area contributed by atoms with Gasteiger partial charge >= 0.3 is 12.2 Å². The van der Waals surface area contributed by atoms with Crippen molar-refractivity contribution in [3.05, 3.63) is 77.9 Å². The second kappa shape index (κ2) is 13.8. The number of amides is 2. The molecule has 1 heterocycles. The standard InChI is InChI=1S/C33H44N2O5/c1-5-25-14-9-10-15-28(25)26-17-19-27(20-18-26)38-23-30-29(34-31(36)40-33(2,3)4)16-11-21-35(30)32(37)39-22-24-12-7-6-8-13-24/h5-10,12-15,26-27,29-30H,1,11,16-23H2,2-4H3,(H,34,36)/t26?,27?,29-,30-/m0/s1. The van der Waals surface area contributed by atoms with Crippen molar-refractivity contribution < 1.29 is 23.8 Å². The third-order valence-corrected chi connectivity index (χ3v) is 7.75. The highest BCUT2D eigenvalue weighted by molar-refractivity contribution is 5.70. The molecule has 2 aromatic carbocycles. The van der Waals surface area contributed by atoms with E-state index < -0.39 is 17.8 Å².